The molecule has 8 heteroatoms. The van der Waals surface area contributed by atoms with Crippen LogP contribution in [0, 0.1) is 12.8 Å². The molecule has 1 aliphatic heterocycles. The standard InChI is InChI=1S/C12H21N3O3S2/c1-3-11-9(2)19-12(13-11)14-20(17,18)15-6-4-10(8-16)5-7-15/h10,16H,3-8H2,1-2H3,(H,13,14). The van der Waals surface area contributed by atoms with E-state index >= 15 is 0 Å². The molecule has 1 aromatic rings. The molecule has 0 aliphatic carbocycles. The zero-order chi connectivity index (χ0) is 14.8. The Kier molecular flexibility index (Phi) is 5.00. The van der Waals surface area contributed by atoms with Crippen molar-refractivity contribution in [2.24, 2.45) is 5.92 Å². The second kappa shape index (κ2) is 6.38. The van der Waals surface area contributed by atoms with Crippen molar-refractivity contribution in [3.05, 3.63) is 10.6 Å². The molecule has 0 amide bonds. The molecular weight excluding hydrogens is 298 g/mol. The molecule has 0 aromatic carbocycles. The highest BCUT2D eigenvalue weighted by molar-refractivity contribution is 7.90. The molecule has 1 saturated heterocycles. The van der Waals surface area contributed by atoms with Gasteiger partial charge in [0.2, 0.25) is 0 Å². The second-order valence-electron chi connectivity index (χ2n) is 5.01. The van der Waals surface area contributed by atoms with Gasteiger partial charge in [-0.2, -0.15) is 12.7 Å². The average Bonchev–Trinajstić information content (AvgIpc) is 2.78. The van der Waals surface area contributed by atoms with Crippen molar-refractivity contribution in [2.75, 3.05) is 24.4 Å². The molecule has 0 radical (unpaired) electrons. The fourth-order valence-electron chi connectivity index (χ4n) is 2.31. The van der Waals surface area contributed by atoms with Crippen molar-refractivity contribution in [3.63, 3.8) is 0 Å². The van der Waals surface area contributed by atoms with Gasteiger partial charge in [0, 0.05) is 24.6 Å². The van der Waals surface area contributed by atoms with Gasteiger partial charge >= 0.3 is 10.2 Å². The maximum absolute atomic E-state index is 12.3. The molecule has 2 rings (SSSR count). The topological polar surface area (TPSA) is 82.5 Å². The van der Waals surface area contributed by atoms with Gasteiger partial charge in [-0.25, -0.2) is 9.71 Å². The lowest BCUT2D eigenvalue weighted by Crippen LogP contribution is -2.42. The number of aliphatic hydroxyl groups excluding tert-OH is 1. The van der Waals surface area contributed by atoms with E-state index in [0.29, 0.717) is 31.1 Å². The first-order chi connectivity index (χ1) is 9.46. The van der Waals surface area contributed by atoms with Crippen molar-refractivity contribution < 1.29 is 13.5 Å². The number of rotatable bonds is 5. The summed E-state index contributed by atoms with van der Waals surface area (Å²) in [6, 6.07) is 0. The third-order valence-electron chi connectivity index (χ3n) is 3.62. The summed E-state index contributed by atoms with van der Waals surface area (Å²) < 4.78 is 28.5. The first kappa shape index (κ1) is 15.7. The fourth-order valence-corrected chi connectivity index (χ4v) is 4.63. The number of aromatic nitrogens is 1. The Hall–Kier alpha value is -0.700. The van der Waals surface area contributed by atoms with Crippen LogP contribution in [0.15, 0.2) is 0 Å². The van der Waals surface area contributed by atoms with E-state index in [1.807, 2.05) is 13.8 Å². The molecule has 2 heterocycles. The molecule has 1 aliphatic rings. The lowest BCUT2D eigenvalue weighted by atomic mass is 10.00. The largest absolute Gasteiger partial charge is 0.396 e. The Morgan fingerprint density at radius 3 is 2.60 bits per heavy atom. The third kappa shape index (κ3) is 3.49. The Bertz CT molecular complexity index is 548. The lowest BCUT2D eigenvalue weighted by Gasteiger charge is -2.29. The van der Waals surface area contributed by atoms with E-state index in [0.717, 1.165) is 17.0 Å². The molecule has 2 N–H and O–H groups in total. The van der Waals surface area contributed by atoms with Crippen molar-refractivity contribution in [1.82, 2.24) is 9.29 Å². The predicted molar refractivity (Wildman–Crippen MR) is 80.2 cm³/mol. The summed E-state index contributed by atoms with van der Waals surface area (Å²) in [5, 5.41) is 9.52. The van der Waals surface area contributed by atoms with E-state index < -0.39 is 10.2 Å². The quantitative estimate of drug-likeness (QED) is 0.859. The van der Waals surface area contributed by atoms with E-state index in [9.17, 15) is 8.42 Å². The molecule has 0 bridgehead atoms. The van der Waals surface area contributed by atoms with Crippen LogP contribution in [-0.4, -0.2) is 42.5 Å². The van der Waals surface area contributed by atoms with Crippen molar-refractivity contribution in [2.45, 2.75) is 33.1 Å². The van der Waals surface area contributed by atoms with Gasteiger partial charge in [0.1, 0.15) is 0 Å². The smallest absolute Gasteiger partial charge is 0.303 e. The number of hydrogen-bond acceptors (Lipinski definition) is 5. The first-order valence-electron chi connectivity index (χ1n) is 6.81. The summed E-state index contributed by atoms with van der Waals surface area (Å²) in [6.45, 7) is 4.98. The van der Waals surface area contributed by atoms with Crippen molar-refractivity contribution >= 4 is 26.7 Å². The van der Waals surface area contributed by atoms with E-state index in [1.54, 1.807) is 0 Å². The second-order valence-corrected chi connectivity index (χ2v) is 7.88. The van der Waals surface area contributed by atoms with Crippen LogP contribution in [0.25, 0.3) is 0 Å². The number of hydrogen-bond donors (Lipinski definition) is 2. The summed E-state index contributed by atoms with van der Waals surface area (Å²) in [6.07, 6.45) is 2.20. The highest BCUT2D eigenvalue weighted by Gasteiger charge is 2.28. The summed E-state index contributed by atoms with van der Waals surface area (Å²) in [7, 11) is -3.53. The maximum Gasteiger partial charge on any atom is 0.303 e. The van der Waals surface area contributed by atoms with Gasteiger partial charge in [-0.15, -0.1) is 11.3 Å². The molecule has 114 valence electrons. The van der Waals surface area contributed by atoms with Crippen LogP contribution >= 0.6 is 11.3 Å². The van der Waals surface area contributed by atoms with Crippen LogP contribution in [0.4, 0.5) is 5.13 Å². The number of nitrogens with one attached hydrogen (secondary N) is 1. The molecular formula is C12H21N3O3S2. The van der Waals surface area contributed by atoms with Crippen molar-refractivity contribution in [3.8, 4) is 0 Å². The summed E-state index contributed by atoms with van der Waals surface area (Å²) >= 11 is 1.37. The molecule has 1 aromatic heterocycles. The van der Waals surface area contributed by atoms with E-state index in [1.165, 1.54) is 15.6 Å². The van der Waals surface area contributed by atoms with E-state index in [-0.39, 0.29) is 12.5 Å². The highest BCUT2D eigenvalue weighted by atomic mass is 32.2. The van der Waals surface area contributed by atoms with Gasteiger partial charge in [-0.3, -0.25) is 0 Å². The average molecular weight is 319 g/mol. The number of piperidine rings is 1. The molecule has 6 nitrogen and oxygen atoms in total. The molecule has 0 atom stereocenters. The van der Waals surface area contributed by atoms with Crippen LogP contribution in [0.2, 0.25) is 0 Å². The number of thiazole rings is 1. The van der Waals surface area contributed by atoms with Gasteiger partial charge in [0.15, 0.2) is 5.13 Å². The zero-order valence-corrected chi connectivity index (χ0v) is 13.4. The van der Waals surface area contributed by atoms with Crippen LogP contribution in [0.5, 0.6) is 0 Å². The molecule has 0 spiro atoms. The number of nitrogens with zero attached hydrogens (tertiary/aromatic N) is 2. The van der Waals surface area contributed by atoms with Gasteiger partial charge < -0.3 is 5.11 Å². The molecule has 0 saturated carbocycles. The minimum atomic E-state index is -3.53. The van der Waals surface area contributed by atoms with Crippen LogP contribution in [0.3, 0.4) is 0 Å². The van der Waals surface area contributed by atoms with Gasteiger partial charge in [0.25, 0.3) is 0 Å². The van der Waals surface area contributed by atoms with Gasteiger partial charge in [-0.1, -0.05) is 6.92 Å². The SMILES string of the molecule is CCc1nc(NS(=O)(=O)N2CCC(CO)CC2)sc1C. The molecule has 1 fully saturated rings. The van der Waals surface area contributed by atoms with Crippen LogP contribution in [0.1, 0.15) is 30.3 Å². The lowest BCUT2D eigenvalue weighted by molar-refractivity contribution is 0.170. The first-order valence-corrected chi connectivity index (χ1v) is 9.07. The zero-order valence-electron chi connectivity index (χ0n) is 11.8. The minimum absolute atomic E-state index is 0.132. The molecule has 0 unspecified atom stereocenters. The number of aliphatic hydroxyl groups is 1. The van der Waals surface area contributed by atoms with E-state index in [2.05, 4.69) is 9.71 Å². The Labute approximate surface area is 124 Å². The Morgan fingerprint density at radius 1 is 1.45 bits per heavy atom. The van der Waals surface area contributed by atoms with Gasteiger partial charge in [0.05, 0.1) is 5.69 Å². The monoisotopic (exact) mass is 319 g/mol. The minimum Gasteiger partial charge on any atom is -0.396 e. The number of anilines is 1. The Balaban J connectivity index is 2.03. The summed E-state index contributed by atoms with van der Waals surface area (Å²) in [5.74, 6) is 0.218. The normalized spacial score (nSPS) is 18.4. The summed E-state index contributed by atoms with van der Waals surface area (Å²) in [4.78, 5) is 5.35. The highest BCUT2D eigenvalue weighted by Crippen LogP contribution is 2.25. The number of aryl methyl sites for hydroxylation is 2. The summed E-state index contributed by atoms with van der Waals surface area (Å²) in [5.41, 5.74) is 0.937. The predicted octanol–water partition coefficient (Wildman–Crippen LogP) is 1.37. The molecule has 20 heavy (non-hydrogen) atoms. The maximum atomic E-state index is 12.3. The van der Waals surface area contributed by atoms with Crippen LogP contribution in [-0.2, 0) is 16.6 Å². The van der Waals surface area contributed by atoms with Crippen LogP contribution < -0.4 is 4.72 Å². The Morgan fingerprint density at radius 2 is 2.10 bits per heavy atom. The van der Waals surface area contributed by atoms with Gasteiger partial charge in [-0.05, 0) is 32.1 Å². The van der Waals surface area contributed by atoms with E-state index in [4.69, 9.17) is 5.11 Å². The fraction of sp³-hybridized carbons (Fsp3) is 0.750. The van der Waals surface area contributed by atoms with Crippen molar-refractivity contribution in [1.29, 1.82) is 0 Å². The third-order valence-corrected chi connectivity index (χ3v) is 6.17.